The molecule has 3 rings (SSSR count). The highest BCUT2D eigenvalue weighted by Gasteiger charge is 2.44. The van der Waals surface area contributed by atoms with E-state index in [1.807, 2.05) is 38.2 Å². The standard InChI is InChI=1S/C14H22N4O2/c1-16(2)14(19)12-4-11-8-18(9-13(12)20-11)7-10-5-15-17(3)6-10/h5-6,11-13H,4,7-9H2,1-3H3/t11-,12+,13+/m0/s1. The Morgan fingerprint density at radius 2 is 2.30 bits per heavy atom. The Balaban J connectivity index is 1.64. The van der Waals surface area contributed by atoms with E-state index in [0.717, 1.165) is 26.1 Å². The Morgan fingerprint density at radius 3 is 2.95 bits per heavy atom. The van der Waals surface area contributed by atoms with Gasteiger partial charge in [0, 0.05) is 52.5 Å². The van der Waals surface area contributed by atoms with Crippen LogP contribution in [-0.2, 0) is 23.1 Å². The summed E-state index contributed by atoms with van der Waals surface area (Å²) in [6.45, 7) is 2.62. The predicted molar refractivity (Wildman–Crippen MR) is 73.9 cm³/mol. The molecule has 3 heterocycles. The van der Waals surface area contributed by atoms with Crippen LogP contribution < -0.4 is 0 Å². The highest BCUT2D eigenvalue weighted by Crippen LogP contribution is 2.33. The molecular weight excluding hydrogens is 256 g/mol. The van der Waals surface area contributed by atoms with Crippen LogP contribution in [0.15, 0.2) is 12.4 Å². The molecule has 6 heteroatoms. The van der Waals surface area contributed by atoms with Gasteiger partial charge in [0.15, 0.2) is 0 Å². The molecule has 0 saturated carbocycles. The summed E-state index contributed by atoms with van der Waals surface area (Å²) in [4.78, 5) is 16.2. The lowest BCUT2D eigenvalue weighted by atomic mass is 9.99. The number of nitrogens with zero attached hydrogens (tertiary/aromatic N) is 4. The van der Waals surface area contributed by atoms with Gasteiger partial charge in [0.2, 0.25) is 5.91 Å². The van der Waals surface area contributed by atoms with Crippen LogP contribution in [0.25, 0.3) is 0 Å². The van der Waals surface area contributed by atoms with Gasteiger partial charge in [0.05, 0.1) is 24.3 Å². The maximum atomic E-state index is 12.2. The van der Waals surface area contributed by atoms with Gasteiger partial charge in [-0.3, -0.25) is 14.4 Å². The van der Waals surface area contributed by atoms with Gasteiger partial charge in [0.1, 0.15) is 0 Å². The summed E-state index contributed by atoms with van der Waals surface area (Å²) < 4.78 is 7.77. The molecule has 3 atom stereocenters. The number of hydrogen-bond donors (Lipinski definition) is 0. The molecule has 6 nitrogen and oxygen atoms in total. The summed E-state index contributed by atoms with van der Waals surface area (Å²) in [5, 5.41) is 4.20. The normalized spacial score (nSPS) is 29.6. The van der Waals surface area contributed by atoms with E-state index in [9.17, 15) is 4.79 Å². The smallest absolute Gasteiger partial charge is 0.227 e. The molecule has 0 radical (unpaired) electrons. The summed E-state index contributed by atoms with van der Waals surface area (Å²) >= 11 is 0. The number of amides is 1. The van der Waals surface area contributed by atoms with Crippen molar-refractivity contribution < 1.29 is 9.53 Å². The Bertz CT molecular complexity index is 499. The summed E-state index contributed by atoms with van der Waals surface area (Å²) in [6, 6.07) is 0. The van der Waals surface area contributed by atoms with Gasteiger partial charge in [-0.1, -0.05) is 0 Å². The van der Waals surface area contributed by atoms with Gasteiger partial charge in [0.25, 0.3) is 0 Å². The zero-order valence-electron chi connectivity index (χ0n) is 12.3. The number of rotatable bonds is 3. The molecule has 2 bridgehead atoms. The molecule has 2 saturated heterocycles. The molecule has 0 spiro atoms. The third-order valence-electron chi connectivity index (χ3n) is 4.16. The highest BCUT2D eigenvalue weighted by molar-refractivity contribution is 5.79. The third kappa shape index (κ3) is 2.58. The Morgan fingerprint density at radius 1 is 1.50 bits per heavy atom. The molecule has 110 valence electrons. The molecule has 1 aromatic rings. The minimum atomic E-state index is 0.0221. The number of morpholine rings is 1. The average molecular weight is 278 g/mol. The minimum absolute atomic E-state index is 0.0221. The molecule has 1 amide bonds. The van der Waals surface area contributed by atoms with Crippen LogP contribution >= 0.6 is 0 Å². The van der Waals surface area contributed by atoms with Crippen LogP contribution in [0, 0.1) is 5.92 Å². The van der Waals surface area contributed by atoms with Gasteiger partial charge in [-0.15, -0.1) is 0 Å². The van der Waals surface area contributed by atoms with Crippen molar-refractivity contribution in [3.63, 3.8) is 0 Å². The minimum Gasteiger partial charge on any atom is -0.371 e. The second-order valence-electron chi connectivity index (χ2n) is 6.09. The van der Waals surface area contributed by atoms with E-state index in [4.69, 9.17) is 4.74 Å². The van der Waals surface area contributed by atoms with Gasteiger partial charge < -0.3 is 9.64 Å². The second kappa shape index (κ2) is 5.18. The quantitative estimate of drug-likeness (QED) is 0.787. The number of likely N-dealkylation sites (tertiary alicyclic amines) is 1. The van der Waals surface area contributed by atoms with Crippen LogP contribution in [0.3, 0.4) is 0 Å². The van der Waals surface area contributed by atoms with E-state index < -0.39 is 0 Å². The topological polar surface area (TPSA) is 50.6 Å². The Kier molecular flexibility index (Phi) is 3.52. The Labute approximate surface area is 119 Å². The van der Waals surface area contributed by atoms with Crippen LogP contribution in [0.1, 0.15) is 12.0 Å². The number of hydrogen-bond acceptors (Lipinski definition) is 4. The first kappa shape index (κ1) is 13.6. The number of carbonyl (C=O) groups excluding carboxylic acids is 1. The zero-order valence-corrected chi connectivity index (χ0v) is 12.3. The fourth-order valence-electron chi connectivity index (χ4n) is 3.27. The molecule has 0 N–H and O–H groups in total. The lowest BCUT2D eigenvalue weighted by molar-refractivity contribution is -0.136. The molecule has 0 unspecified atom stereocenters. The van der Waals surface area contributed by atoms with Crippen molar-refractivity contribution in [1.29, 1.82) is 0 Å². The van der Waals surface area contributed by atoms with Gasteiger partial charge in [-0.2, -0.15) is 5.10 Å². The fraction of sp³-hybridized carbons (Fsp3) is 0.714. The van der Waals surface area contributed by atoms with Crippen molar-refractivity contribution >= 4 is 5.91 Å². The van der Waals surface area contributed by atoms with Gasteiger partial charge in [-0.05, 0) is 6.42 Å². The van der Waals surface area contributed by atoms with Gasteiger partial charge in [-0.25, -0.2) is 0 Å². The average Bonchev–Trinajstić information content (AvgIpc) is 2.92. The predicted octanol–water partition coefficient (Wildman–Crippen LogP) is 0.0976. The fourth-order valence-corrected chi connectivity index (χ4v) is 3.27. The van der Waals surface area contributed by atoms with Crippen molar-refractivity contribution in [2.45, 2.75) is 25.2 Å². The molecule has 0 aromatic carbocycles. The van der Waals surface area contributed by atoms with E-state index in [1.165, 1.54) is 5.56 Å². The van der Waals surface area contributed by atoms with Crippen LogP contribution in [-0.4, -0.2) is 64.9 Å². The Hall–Kier alpha value is -1.40. The highest BCUT2D eigenvalue weighted by atomic mass is 16.5. The number of carbonyl (C=O) groups is 1. The molecule has 2 fully saturated rings. The number of fused-ring (bicyclic) bond motifs is 2. The summed E-state index contributed by atoms with van der Waals surface area (Å²) in [5.74, 6) is 0.217. The maximum absolute atomic E-state index is 12.2. The molecule has 1 aromatic heterocycles. The van der Waals surface area contributed by atoms with Crippen molar-refractivity contribution in [2.24, 2.45) is 13.0 Å². The first-order valence-electron chi connectivity index (χ1n) is 7.09. The summed E-state index contributed by atoms with van der Waals surface area (Å²) in [5.41, 5.74) is 1.21. The van der Waals surface area contributed by atoms with Crippen molar-refractivity contribution in [3.05, 3.63) is 18.0 Å². The number of aromatic nitrogens is 2. The first-order chi connectivity index (χ1) is 9.52. The van der Waals surface area contributed by atoms with E-state index in [-0.39, 0.29) is 24.0 Å². The molecular formula is C14H22N4O2. The van der Waals surface area contributed by atoms with Crippen LogP contribution in [0.4, 0.5) is 0 Å². The van der Waals surface area contributed by atoms with Crippen LogP contribution in [0.2, 0.25) is 0 Å². The largest absolute Gasteiger partial charge is 0.371 e. The van der Waals surface area contributed by atoms with Gasteiger partial charge >= 0.3 is 0 Å². The maximum Gasteiger partial charge on any atom is 0.227 e. The number of ether oxygens (including phenoxy) is 1. The molecule has 2 aliphatic rings. The van der Waals surface area contributed by atoms with E-state index in [2.05, 4.69) is 10.00 Å². The third-order valence-corrected chi connectivity index (χ3v) is 4.16. The number of aryl methyl sites for hydroxylation is 1. The van der Waals surface area contributed by atoms with Crippen molar-refractivity contribution in [2.75, 3.05) is 27.2 Å². The van der Waals surface area contributed by atoms with Crippen molar-refractivity contribution in [3.8, 4) is 0 Å². The monoisotopic (exact) mass is 278 g/mol. The summed E-state index contributed by atoms with van der Waals surface area (Å²) in [6.07, 6.45) is 5.03. The zero-order chi connectivity index (χ0) is 14.3. The first-order valence-corrected chi connectivity index (χ1v) is 7.09. The molecule has 20 heavy (non-hydrogen) atoms. The van der Waals surface area contributed by atoms with Crippen molar-refractivity contribution in [1.82, 2.24) is 19.6 Å². The van der Waals surface area contributed by atoms with E-state index in [0.29, 0.717) is 0 Å². The molecule has 0 aliphatic carbocycles. The lowest BCUT2D eigenvalue weighted by Crippen LogP contribution is -2.44. The van der Waals surface area contributed by atoms with Crippen LogP contribution in [0.5, 0.6) is 0 Å². The SMILES string of the molecule is CN(C)C(=O)[C@@H]1C[C@H]2CN(Cc3cnn(C)c3)C[C@H]1O2. The summed E-state index contributed by atoms with van der Waals surface area (Å²) in [7, 11) is 5.56. The van der Waals surface area contributed by atoms with E-state index >= 15 is 0 Å². The molecule has 2 aliphatic heterocycles. The second-order valence-corrected chi connectivity index (χ2v) is 6.09. The van der Waals surface area contributed by atoms with E-state index in [1.54, 1.807) is 4.90 Å². The lowest BCUT2D eigenvalue weighted by Gasteiger charge is -2.32.